The molecule has 1 unspecified atom stereocenters. The Bertz CT molecular complexity index is 363. The van der Waals surface area contributed by atoms with Gasteiger partial charge in [-0.2, -0.15) is 5.10 Å². The standard InChI is InChI=1S/C13H23Cl2N3/c1-4-10(6-7-14)8-16-9-12-13(15)11(5-2)17-18(12)3/h10,16H,4-9H2,1-3H3. The fourth-order valence-electron chi connectivity index (χ4n) is 2.01. The molecule has 18 heavy (non-hydrogen) atoms. The highest BCUT2D eigenvalue weighted by molar-refractivity contribution is 6.31. The maximum absolute atomic E-state index is 6.30. The topological polar surface area (TPSA) is 29.9 Å². The second kappa shape index (κ2) is 8.03. The van der Waals surface area contributed by atoms with Gasteiger partial charge in [-0.15, -0.1) is 11.6 Å². The summed E-state index contributed by atoms with van der Waals surface area (Å²) >= 11 is 12.1. The Balaban J connectivity index is 2.50. The van der Waals surface area contributed by atoms with E-state index < -0.39 is 0 Å². The predicted molar refractivity (Wildman–Crippen MR) is 78.4 cm³/mol. The minimum absolute atomic E-state index is 0.639. The lowest BCUT2D eigenvalue weighted by atomic mass is 10.0. The van der Waals surface area contributed by atoms with Crippen molar-refractivity contribution in [3.8, 4) is 0 Å². The normalized spacial score (nSPS) is 12.9. The Labute approximate surface area is 120 Å². The smallest absolute Gasteiger partial charge is 0.0863 e. The van der Waals surface area contributed by atoms with Crippen LogP contribution in [0, 0.1) is 5.92 Å². The van der Waals surface area contributed by atoms with E-state index in [0.717, 1.165) is 54.6 Å². The van der Waals surface area contributed by atoms with Crippen LogP contribution in [0.2, 0.25) is 5.02 Å². The van der Waals surface area contributed by atoms with E-state index in [1.807, 2.05) is 11.7 Å². The Morgan fingerprint density at radius 1 is 1.39 bits per heavy atom. The first kappa shape index (κ1) is 15.8. The molecule has 0 radical (unpaired) electrons. The van der Waals surface area contributed by atoms with Crippen molar-refractivity contribution < 1.29 is 0 Å². The van der Waals surface area contributed by atoms with E-state index in [9.17, 15) is 0 Å². The molecule has 0 spiro atoms. The van der Waals surface area contributed by atoms with Crippen molar-refractivity contribution in [2.75, 3.05) is 12.4 Å². The summed E-state index contributed by atoms with van der Waals surface area (Å²) in [6.07, 6.45) is 3.08. The summed E-state index contributed by atoms with van der Waals surface area (Å²) in [6, 6.07) is 0. The predicted octanol–water partition coefficient (Wildman–Crippen LogP) is 3.38. The Morgan fingerprint density at radius 2 is 2.11 bits per heavy atom. The number of nitrogens with one attached hydrogen (secondary N) is 1. The molecule has 1 heterocycles. The molecule has 1 rings (SSSR count). The largest absolute Gasteiger partial charge is 0.311 e. The van der Waals surface area contributed by atoms with Crippen molar-refractivity contribution in [3.63, 3.8) is 0 Å². The van der Waals surface area contributed by atoms with Crippen molar-refractivity contribution in [1.82, 2.24) is 15.1 Å². The third-order valence-corrected chi connectivity index (χ3v) is 3.98. The molecule has 1 atom stereocenters. The van der Waals surface area contributed by atoms with Crippen LogP contribution in [-0.2, 0) is 20.0 Å². The van der Waals surface area contributed by atoms with Gasteiger partial charge in [0.2, 0.25) is 0 Å². The van der Waals surface area contributed by atoms with E-state index >= 15 is 0 Å². The van der Waals surface area contributed by atoms with E-state index in [4.69, 9.17) is 23.2 Å². The Hall–Kier alpha value is -0.250. The van der Waals surface area contributed by atoms with Gasteiger partial charge < -0.3 is 5.32 Å². The maximum Gasteiger partial charge on any atom is 0.0863 e. The summed E-state index contributed by atoms with van der Waals surface area (Å²) in [5.74, 6) is 1.37. The van der Waals surface area contributed by atoms with E-state index in [0.29, 0.717) is 5.92 Å². The number of hydrogen-bond donors (Lipinski definition) is 1. The SMILES string of the molecule is CCc1nn(C)c(CNCC(CC)CCCl)c1Cl. The zero-order valence-corrected chi connectivity index (χ0v) is 13.0. The number of nitrogens with zero attached hydrogens (tertiary/aromatic N) is 2. The van der Waals surface area contributed by atoms with Gasteiger partial charge in [0.05, 0.1) is 16.4 Å². The van der Waals surface area contributed by atoms with Crippen molar-refractivity contribution in [2.24, 2.45) is 13.0 Å². The van der Waals surface area contributed by atoms with Crippen molar-refractivity contribution in [2.45, 2.75) is 39.7 Å². The van der Waals surface area contributed by atoms with Gasteiger partial charge in [0.25, 0.3) is 0 Å². The number of halogens is 2. The molecular formula is C13H23Cl2N3. The zero-order chi connectivity index (χ0) is 13.5. The molecule has 0 aliphatic rings. The number of rotatable bonds is 8. The van der Waals surface area contributed by atoms with Crippen LogP contribution < -0.4 is 5.32 Å². The maximum atomic E-state index is 6.30. The van der Waals surface area contributed by atoms with E-state index in [1.54, 1.807) is 0 Å². The van der Waals surface area contributed by atoms with Gasteiger partial charge in [-0.05, 0) is 25.3 Å². The third kappa shape index (κ3) is 4.15. The summed E-state index contributed by atoms with van der Waals surface area (Å²) in [5.41, 5.74) is 2.04. The first-order valence-electron chi connectivity index (χ1n) is 6.60. The summed E-state index contributed by atoms with van der Waals surface area (Å²) < 4.78 is 1.87. The van der Waals surface area contributed by atoms with Gasteiger partial charge in [0.15, 0.2) is 0 Å². The highest BCUT2D eigenvalue weighted by Crippen LogP contribution is 2.20. The number of aryl methyl sites for hydroxylation is 2. The van der Waals surface area contributed by atoms with Crippen LogP contribution in [0.5, 0.6) is 0 Å². The lowest BCUT2D eigenvalue weighted by molar-refractivity contribution is 0.446. The molecule has 5 heteroatoms. The van der Waals surface area contributed by atoms with E-state index in [1.165, 1.54) is 0 Å². The van der Waals surface area contributed by atoms with Gasteiger partial charge in [-0.1, -0.05) is 31.9 Å². The molecule has 0 aliphatic carbocycles. The molecule has 104 valence electrons. The molecule has 0 bridgehead atoms. The van der Waals surface area contributed by atoms with Gasteiger partial charge >= 0.3 is 0 Å². The highest BCUT2D eigenvalue weighted by atomic mass is 35.5. The van der Waals surface area contributed by atoms with Gasteiger partial charge in [-0.3, -0.25) is 4.68 Å². The second-order valence-corrected chi connectivity index (χ2v) is 5.32. The third-order valence-electron chi connectivity index (χ3n) is 3.32. The first-order valence-corrected chi connectivity index (χ1v) is 7.52. The first-order chi connectivity index (χ1) is 8.63. The van der Waals surface area contributed by atoms with Gasteiger partial charge in [-0.25, -0.2) is 0 Å². The molecule has 0 saturated heterocycles. The molecule has 0 saturated carbocycles. The lowest BCUT2D eigenvalue weighted by Gasteiger charge is -2.14. The van der Waals surface area contributed by atoms with Crippen LogP contribution in [0.25, 0.3) is 0 Å². The summed E-state index contributed by atoms with van der Waals surface area (Å²) in [7, 11) is 1.94. The molecule has 1 N–H and O–H groups in total. The molecule has 3 nitrogen and oxygen atoms in total. The summed E-state index contributed by atoms with van der Waals surface area (Å²) in [5, 5.41) is 8.66. The number of aromatic nitrogens is 2. The molecular weight excluding hydrogens is 269 g/mol. The van der Waals surface area contributed by atoms with Gasteiger partial charge in [0, 0.05) is 19.5 Å². The van der Waals surface area contributed by atoms with Crippen LogP contribution in [0.3, 0.4) is 0 Å². The molecule has 0 fully saturated rings. The van der Waals surface area contributed by atoms with Crippen LogP contribution in [0.4, 0.5) is 0 Å². The highest BCUT2D eigenvalue weighted by Gasteiger charge is 2.13. The fraction of sp³-hybridized carbons (Fsp3) is 0.769. The van der Waals surface area contributed by atoms with E-state index in [2.05, 4.69) is 24.3 Å². The second-order valence-electron chi connectivity index (χ2n) is 4.57. The summed E-state index contributed by atoms with van der Waals surface area (Å²) in [6.45, 7) is 6.01. The Kier molecular flexibility index (Phi) is 7.05. The van der Waals surface area contributed by atoms with Gasteiger partial charge in [0.1, 0.15) is 0 Å². The van der Waals surface area contributed by atoms with Crippen LogP contribution in [0.1, 0.15) is 38.1 Å². The average Bonchev–Trinajstić information content (AvgIpc) is 2.64. The lowest BCUT2D eigenvalue weighted by Crippen LogP contribution is -2.23. The monoisotopic (exact) mass is 291 g/mol. The molecule has 1 aromatic heterocycles. The van der Waals surface area contributed by atoms with Crippen molar-refractivity contribution >= 4 is 23.2 Å². The molecule has 0 aromatic carbocycles. The summed E-state index contributed by atoms with van der Waals surface area (Å²) in [4.78, 5) is 0. The van der Waals surface area contributed by atoms with Crippen LogP contribution in [0.15, 0.2) is 0 Å². The average molecular weight is 292 g/mol. The zero-order valence-electron chi connectivity index (χ0n) is 11.5. The molecule has 0 amide bonds. The fourth-order valence-corrected chi connectivity index (χ4v) is 2.68. The quantitative estimate of drug-likeness (QED) is 0.744. The molecule has 0 aliphatic heterocycles. The van der Waals surface area contributed by atoms with Crippen molar-refractivity contribution in [3.05, 3.63) is 16.4 Å². The van der Waals surface area contributed by atoms with E-state index in [-0.39, 0.29) is 0 Å². The van der Waals surface area contributed by atoms with Crippen LogP contribution in [-0.4, -0.2) is 22.2 Å². The minimum Gasteiger partial charge on any atom is -0.311 e. The molecule has 1 aromatic rings. The number of hydrogen-bond acceptors (Lipinski definition) is 2. The van der Waals surface area contributed by atoms with Crippen LogP contribution >= 0.6 is 23.2 Å². The minimum atomic E-state index is 0.639. The number of alkyl halides is 1. The van der Waals surface area contributed by atoms with Crippen molar-refractivity contribution in [1.29, 1.82) is 0 Å². The Morgan fingerprint density at radius 3 is 2.61 bits per heavy atom.